The van der Waals surface area contributed by atoms with Crippen molar-refractivity contribution in [2.75, 3.05) is 0 Å². The minimum absolute atomic E-state index is 0.107. The molecule has 3 aliphatic heterocycles. The summed E-state index contributed by atoms with van der Waals surface area (Å²) in [5, 5.41) is 118. The summed E-state index contributed by atoms with van der Waals surface area (Å²) in [6.07, 6.45) is 3.46. The van der Waals surface area contributed by atoms with Gasteiger partial charge in [0.25, 0.3) is 0 Å². The largest absolute Gasteiger partial charge is 0.481 e. The van der Waals surface area contributed by atoms with Crippen LogP contribution in [0.4, 0.5) is 0 Å². The van der Waals surface area contributed by atoms with Crippen LogP contribution in [0.25, 0.3) is 0 Å². The second-order valence-electron chi connectivity index (χ2n) is 17.6. The van der Waals surface area contributed by atoms with E-state index in [1.165, 1.54) is 13.0 Å². The highest BCUT2D eigenvalue weighted by molar-refractivity contribution is 5.71. The first-order chi connectivity index (χ1) is 30.6. The summed E-state index contributed by atoms with van der Waals surface area (Å²) in [5.74, 6) is -6.83. The Morgan fingerprint density at radius 2 is 1.23 bits per heavy atom. The molecule has 2 fully saturated rings. The van der Waals surface area contributed by atoms with E-state index in [0.29, 0.717) is 0 Å². The van der Waals surface area contributed by atoms with E-state index in [1.54, 1.807) is 80.7 Å². The molecule has 19 atom stereocenters. The molecule has 368 valence electrons. The Balaban J connectivity index is 1.86. The van der Waals surface area contributed by atoms with Crippen LogP contribution in [-0.4, -0.2) is 166 Å². The number of aliphatic hydroxyl groups excluding tert-OH is 9. The second-order valence-corrected chi connectivity index (χ2v) is 17.6. The van der Waals surface area contributed by atoms with Crippen molar-refractivity contribution in [3.63, 3.8) is 0 Å². The van der Waals surface area contributed by atoms with Crippen molar-refractivity contribution in [2.45, 2.75) is 177 Å². The van der Waals surface area contributed by atoms with Crippen LogP contribution in [0.15, 0.2) is 85.1 Å². The number of cyclic esters (lactones) is 1. The quantitative estimate of drug-likeness (QED) is 0.174. The Hall–Kier alpha value is -3.44. The predicted molar refractivity (Wildman–Crippen MR) is 237 cm³/mol. The van der Waals surface area contributed by atoms with Gasteiger partial charge in [-0.2, -0.15) is 0 Å². The molecule has 65 heavy (non-hydrogen) atoms. The van der Waals surface area contributed by atoms with Crippen molar-refractivity contribution in [1.29, 1.82) is 0 Å². The van der Waals surface area contributed by atoms with Gasteiger partial charge < -0.3 is 80.9 Å². The fraction of sp³-hybridized carbons (Fsp3) is 0.660. The summed E-state index contributed by atoms with van der Waals surface area (Å²) in [6.45, 7) is 6.74. The molecule has 0 amide bonds. The lowest BCUT2D eigenvalue weighted by Crippen LogP contribution is -2.61. The average Bonchev–Trinajstić information content (AvgIpc) is 3.21. The standard InChI is InChI=1S/C47H73NO17/c1-27-17-15-13-11-9-7-5-6-8-10-12-14-16-18-34(64-46-44(58)41(48)43(57)30(4)63-46)24-38-40(45(59)60)37(54)26-47(61,65-38)25-33(51)22-36(53)35(52)20-19-31(49)21-32(50)23-39(55)62-29(3)28(2)42(27)56/h5-18,27-38,40-44,46,49-54,56-58,61H,19-26,48H2,1-4H3,(H,59,60)/t27-,28-,29-,30+,31+,32+,33-,34-,35+,36+,37-,38?,40+,41-,42+,43+,44-,46?,47+/m0/s1. The monoisotopic (exact) mass is 923 g/mol. The zero-order chi connectivity index (χ0) is 48.4. The number of ether oxygens (including phenoxy) is 4. The van der Waals surface area contributed by atoms with Crippen molar-refractivity contribution in [3.05, 3.63) is 85.1 Å². The zero-order valence-corrected chi connectivity index (χ0v) is 37.6. The van der Waals surface area contributed by atoms with E-state index in [2.05, 4.69) is 0 Å². The predicted octanol–water partition coefficient (Wildman–Crippen LogP) is 0.712. The fourth-order valence-corrected chi connectivity index (χ4v) is 7.97. The third-order valence-corrected chi connectivity index (χ3v) is 12.0. The van der Waals surface area contributed by atoms with Gasteiger partial charge in [-0.25, -0.2) is 0 Å². The molecule has 0 aliphatic carbocycles. The van der Waals surface area contributed by atoms with Crippen molar-refractivity contribution in [2.24, 2.45) is 23.5 Å². The number of nitrogens with two attached hydrogens (primary N) is 1. The molecule has 2 unspecified atom stereocenters. The van der Waals surface area contributed by atoms with Crippen LogP contribution in [0, 0.1) is 17.8 Å². The van der Waals surface area contributed by atoms with E-state index in [0.717, 1.165) is 0 Å². The number of hydrogen-bond acceptors (Lipinski definition) is 17. The third kappa shape index (κ3) is 18.6. The summed E-state index contributed by atoms with van der Waals surface area (Å²) >= 11 is 0. The summed E-state index contributed by atoms with van der Waals surface area (Å²) in [5.41, 5.74) is 6.02. The molecular formula is C47H73NO17. The number of carbonyl (C=O) groups is 2. The van der Waals surface area contributed by atoms with Crippen LogP contribution >= 0.6 is 0 Å². The van der Waals surface area contributed by atoms with Gasteiger partial charge in [0, 0.05) is 37.5 Å². The van der Waals surface area contributed by atoms with Crippen molar-refractivity contribution < 1.29 is 84.7 Å². The maximum Gasteiger partial charge on any atom is 0.311 e. The van der Waals surface area contributed by atoms with Gasteiger partial charge in [0.05, 0.1) is 79.6 Å². The lowest BCUT2D eigenvalue weighted by Gasteiger charge is -2.45. The minimum atomic E-state index is -2.33. The van der Waals surface area contributed by atoms with Gasteiger partial charge in [0.1, 0.15) is 18.1 Å². The molecular weight excluding hydrogens is 851 g/mol. The number of carboxylic acid groups (broad SMARTS) is 1. The highest BCUT2D eigenvalue weighted by Gasteiger charge is 2.51. The van der Waals surface area contributed by atoms with E-state index in [4.69, 9.17) is 24.7 Å². The molecule has 2 saturated heterocycles. The van der Waals surface area contributed by atoms with Gasteiger partial charge in [-0.05, 0) is 33.1 Å². The average molecular weight is 924 g/mol. The summed E-state index contributed by atoms with van der Waals surface area (Å²) in [7, 11) is 0. The van der Waals surface area contributed by atoms with E-state index < -0.39 is 147 Å². The van der Waals surface area contributed by atoms with Crippen molar-refractivity contribution in [3.8, 4) is 0 Å². The smallest absolute Gasteiger partial charge is 0.311 e. The van der Waals surface area contributed by atoms with E-state index >= 15 is 0 Å². The highest BCUT2D eigenvalue weighted by atomic mass is 16.7. The molecule has 2 bridgehead atoms. The molecule has 18 heteroatoms. The number of hydrogen-bond donors (Lipinski definition) is 12. The van der Waals surface area contributed by atoms with Crippen LogP contribution in [0.5, 0.6) is 0 Å². The normalized spacial score (nSPS) is 42.0. The molecule has 3 aliphatic rings. The molecule has 18 nitrogen and oxygen atoms in total. The molecule has 13 N–H and O–H groups in total. The summed E-state index contributed by atoms with van der Waals surface area (Å²) < 4.78 is 23.1. The molecule has 0 radical (unpaired) electrons. The van der Waals surface area contributed by atoms with Gasteiger partial charge in [-0.1, -0.05) is 98.9 Å². The number of rotatable bonds is 3. The number of esters is 1. The summed E-state index contributed by atoms with van der Waals surface area (Å²) in [6, 6.07) is -1.15. The first-order valence-electron chi connectivity index (χ1n) is 22.3. The van der Waals surface area contributed by atoms with Crippen LogP contribution in [0.2, 0.25) is 0 Å². The Kier molecular flexibility index (Phi) is 23.6. The number of aliphatic hydroxyl groups is 10. The topological polar surface area (TPSA) is 320 Å². The van der Waals surface area contributed by atoms with E-state index in [-0.39, 0.29) is 31.6 Å². The van der Waals surface area contributed by atoms with Crippen LogP contribution in [0.3, 0.4) is 0 Å². The number of allylic oxidation sites excluding steroid dienone is 12. The molecule has 3 rings (SSSR count). The van der Waals surface area contributed by atoms with Crippen molar-refractivity contribution in [1.82, 2.24) is 0 Å². The number of fused-ring (bicyclic) bond motifs is 2. The molecule has 0 aromatic rings. The molecule has 0 aromatic carbocycles. The Morgan fingerprint density at radius 1 is 0.662 bits per heavy atom. The van der Waals surface area contributed by atoms with Gasteiger partial charge in [0.15, 0.2) is 12.1 Å². The first-order valence-corrected chi connectivity index (χ1v) is 22.3. The number of carboxylic acids is 1. The van der Waals surface area contributed by atoms with Gasteiger partial charge >= 0.3 is 11.9 Å². The van der Waals surface area contributed by atoms with E-state index in [9.17, 15) is 65.8 Å². The molecule has 0 spiro atoms. The number of aliphatic carboxylic acids is 1. The van der Waals surface area contributed by atoms with Crippen molar-refractivity contribution >= 4 is 11.9 Å². The van der Waals surface area contributed by atoms with Gasteiger partial charge in [0.2, 0.25) is 0 Å². The maximum absolute atomic E-state index is 12.6. The third-order valence-electron chi connectivity index (χ3n) is 12.0. The van der Waals surface area contributed by atoms with Gasteiger partial charge in [-0.3, -0.25) is 9.59 Å². The Morgan fingerprint density at radius 3 is 1.82 bits per heavy atom. The molecule has 0 saturated carbocycles. The first kappa shape index (κ1) is 55.9. The lowest BCUT2D eigenvalue weighted by atomic mass is 9.82. The molecule has 3 heterocycles. The Labute approximate surface area is 381 Å². The molecule has 0 aromatic heterocycles. The SMILES string of the molecule is C[C@@H]1[C@H](O)[C@@H](C)C=CC=CC=CC=CC=CC=CC=C[C@H](OC2O[C@H](C)[C@@H](O)[C@H](N)[C@@H]2O)CC2O[C@](O)(C[C@@H](O)C[C@@H](O)[C@H](O)CC[C@@H](O)C[C@@H](O)CC(=O)O[C@H]1C)C[C@H](O)[C@H]2C(=O)O. The zero-order valence-electron chi connectivity index (χ0n) is 37.6. The lowest BCUT2D eigenvalue weighted by molar-refractivity contribution is -0.308. The van der Waals surface area contributed by atoms with Gasteiger partial charge in [-0.15, -0.1) is 0 Å². The van der Waals surface area contributed by atoms with E-state index in [1.807, 2.05) is 19.1 Å². The fourth-order valence-electron chi connectivity index (χ4n) is 7.97. The minimum Gasteiger partial charge on any atom is -0.481 e. The second kappa shape index (κ2) is 27.4. The number of carbonyl (C=O) groups excluding carboxylic acids is 1. The van der Waals surface area contributed by atoms with Crippen LogP contribution in [-0.2, 0) is 28.5 Å². The van der Waals surface area contributed by atoms with Crippen LogP contribution < -0.4 is 5.73 Å². The highest BCUT2D eigenvalue weighted by Crippen LogP contribution is 2.38. The Bertz CT molecular complexity index is 1670. The summed E-state index contributed by atoms with van der Waals surface area (Å²) in [4.78, 5) is 25.1. The van der Waals surface area contributed by atoms with Crippen LogP contribution in [0.1, 0.15) is 79.1 Å². The maximum atomic E-state index is 12.6.